The van der Waals surface area contributed by atoms with E-state index in [4.69, 9.17) is 10.2 Å². The molecule has 0 radical (unpaired) electrons. The molecule has 5 heterocycles. The molecular weight excluding hydrogens is 412 g/mol. The fourth-order valence-corrected chi connectivity index (χ4v) is 4.86. The summed E-state index contributed by atoms with van der Waals surface area (Å²) < 4.78 is 4.26. The molecule has 1 aromatic carbocycles. The van der Waals surface area contributed by atoms with Gasteiger partial charge in [0.1, 0.15) is 12.1 Å². The lowest BCUT2D eigenvalue weighted by Crippen LogP contribution is -2.31. The second kappa shape index (κ2) is 7.57. The molecule has 1 atom stereocenters. The van der Waals surface area contributed by atoms with Crippen LogP contribution in [0.2, 0.25) is 0 Å². The molecule has 1 unspecified atom stereocenters. The van der Waals surface area contributed by atoms with Crippen LogP contribution >= 0.6 is 0 Å². The van der Waals surface area contributed by atoms with E-state index in [0.29, 0.717) is 11.6 Å². The van der Waals surface area contributed by atoms with Crippen LogP contribution in [-0.4, -0.2) is 62.4 Å². The number of rotatable bonds is 3. The third-order valence-corrected chi connectivity index (χ3v) is 6.79. The van der Waals surface area contributed by atoms with E-state index in [0.717, 1.165) is 60.2 Å². The Morgan fingerprint density at radius 1 is 1.12 bits per heavy atom. The van der Waals surface area contributed by atoms with Gasteiger partial charge in [-0.2, -0.15) is 5.26 Å². The lowest BCUT2D eigenvalue weighted by molar-refractivity contribution is 0.315. The number of pyridine rings is 1. The fourth-order valence-electron chi connectivity index (χ4n) is 4.86. The second-order valence-electron chi connectivity index (χ2n) is 8.98. The molecule has 0 bridgehead atoms. The minimum Gasteiger partial charge on any atom is -0.355 e. The van der Waals surface area contributed by atoms with E-state index in [2.05, 4.69) is 63.1 Å². The van der Waals surface area contributed by atoms with Gasteiger partial charge in [0, 0.05) is 43.0 Å². The number of anilines is 1. The van der Waals surface area contributed by atoms with Gasteiger partial charge in [-0.1, -0.05) is 12.1 Å². The van der Waals surface area contributed by atoms with Crippen molar-refractivity contribution in [2.24, 2.45) is 0 Å². The number of benzene rings is 1. The Balaban J connectivity index is 1.40. The molecule has 4 aromatic rings. The lowest BCUT2D eigenvalue weighted by atomic mass is 10.1. The number of hydrogen-bond donors (Lipinski definition) is 0. The van der Waals surface area contributed by atoms with Crippen molar-refractivity contribution in [1.29, 1.82) is 5.26 Å². The lowest BCUT2D eigenvalue weighted by Gasteiger charge is -2.22. The van der Waals surface area contributed by atoms with Gasteiger partial charge in [-0.15, -0.1) is 10.2 Å². The zero-order valence-electron chi connectivity index (χ0n) is 18.7. The Bertz CT molecular complexity index is 1370. The SMILES string of the molecule is CN(C)C1CCN(c2cc3c(cn2)-n2cnnc2-c2cc(-c4ccc(C#N)cc4)cn2C3)C1. The summed E-state index contributed by atoms with van der Waals surface area (Å²) in [4.78, 5) is 9.48. The summed E-state index contributed by atoms with van der Waals surface area (Å²) in [7, 11) is 4.29. The largest absolute Gasteiger partial charge is 0.355 e. The summed E-state index contributed by atoms with van der Waals surface area (Å²) in [5, 5.41) is 17.7. The van der Waals surface area contributed by atoms with Gasteiger partial charge in [-0.3, -0.25) is 4.57 Å². The summed E-state index contributed by atoms with van der Waals surface area (Å²) in [5.74, 6) is 1.83. The molecule has 164 valence electrons. The first kappa shape index (κ1) is 19.7. The third kappa shape index (κ3) is 3.29. The van der Waals surface area contributed by atoms with Gasteiger partial charge < -0.3 is 14.4 Å². The van der Waals surface area contributed by atoms with Crippen LogP contribution in [0.4, 0.5) is 5.82 Å². The average molecular weight is 437 g/mol. The molecule has 8 heteroatoms. The zero-order valence-corrected chi connectivity index (χ0v) is 18.7. The van der Waals surface area contributed by atoms with Crippen molar-refractivity contribution < 1.29 is 0 Å². The highest BCUT2D eigenvalue weighted by atomic mass is 15.3. The molecule has 2 aliphatic rings. The summed E-state index contributed by atoms with van der Waals surface area (Å²) in [6.07, 6.45) is 7.02. The monoisotopic (exact) mass is 436 g/mol. The Hall–Kier alpha value is -3.96. The van der Waals surface area contributed by atoms with Crippen LogP contribution in [0.15, 0.2) is 55.1 Å². The van der Waals surface area contributed by atoms with Crippen LogP contribution in [0.3, 0.4) is 0 Å². The highest BCUT2D eigenvalue weighted by molar-refractivity contribution is 5.72. The number of fused-ring (bicyclic) bond motifs is 5. The van der Waals surface area contributed by atoms with Crippen molar-refractivity contribution >= 4 is 5.82 Å². The maximum Gasteiger partial charge on any atom is 0.185 e. The minimum atomic E-state index is 0.557. The Morgan fingerprint density at radius 3 is 2.73 bits per heavy atom. The van der Waals surface area contributed by atoms with E-state index in [1.807, 2.05) is 35.0 Å². The van der Waals surface area contributed by atoms with E-state index in [-0.39, 0.29) is 0 Å². The number of nitriles is 1. The van der Waals surface area contributed by atoms with Gasteiger partial charge in [-0.25, -0.2) is 4.98 Å². The van der Waals surface area contributed by atoms with Crippen molar-refractivity contribution in [1.82, 2.24) is 29.2 Å². The topological polar surface area (TPSA) is 78.8 Å². The molecular formula is C25H24N8. The molecule has 0 spiro atoms. The normalized spacial score (nSPS) is 16.8. The van der Waals surface area contributed by atoms with E-state index >= 15 is 0 Å². The van der Waals surface area contributed by atoms with Crippen LogP contribution in [0, 0.1) is 11.3 Å². The molecule has 3 aromatic heterocycles. The van der Waals surface area contributed by atoms with E-state index in [1.165, 1.54) is 5.56 Å². The van der Waals surface area contributed by atoms with E-state index < -0.39 is 0 Å². The second-order valence-corrected chi connectivity index (χ2v) is 8.98. The van der Waals surface area contributed by atoms with Crippen molar-refractivity contribution in [2.45, 2.75) is 19.0 Å². The molecule has 0 saturated carbocycles. The van der Waals surface area contributed by atoms with Gasteiger partial charge >= 0.3 is 0 Å². The maximum atomic E-state index is 9.10. The summed E-state index contributed by atoms with van der Waals surface area (Å²) in [6, 6.07) is 14.8. The van der Waals surface area contributed by atoms with Crippen LogP contribution in [0.25, 0.3) is 28.3 Å². The first-order chi connectivity index (χ1) is 16.1. The standard InChI is InChI=1S/C25H24N8/c1-30(2)21-7-8-31(15-21)24-10-20-14-32-13-19(18-5-3-17(11-26)4-6-18)9-22(32)25-29-28-16-33(25)23(20)12-27-24/h3-6,9-10,12-13,16,21H,7-8,14-15H2,1-2H3. The Morgan fingerprint density at radius 2 is 1.97 bits per heavy atom. The number of likely N-dealkylation sites (N-methyl/N-ethyl adjacent to an activating group) is 1. The van der Waals surface area contributed by atoms with E-state index in [9.17, 15) is 0 Å². The van der Waals surface area contributed by atoms with E-state index in [1.54, 1.807) is 6.33 Å². The maximum absolute atomic E-state index is 9.10. The van der Waals surface area contributed by atoms with Crippen molar-refractivity contribution in [3.8, 4) is 34.4 Å². The van der Waals surface area contributed by atoms with Crippen LogP contribution in [0.5, 0.6) is 0 Å². The fraction of sp³-hybridized carbons (Fsp3) is 0.280. The predicted octanol–water partition coefficient (Wildman–Crippen LogP) is 3.17. The van der Waals surface area contributed by atoms with Gasteiger partial charge in [0.05, 0.1) is 29.2 Å². The smallest absolute Gasteiger partial charge is 0.185 e. The van der Waals surface area contributed by atoms with Crippen molar-refractivity contribution in [3.05, 3.63) is 66.2 Å². The minimum absolute atomic E-state index is 0.557. The molecule has 8 nitrogen and oxygen atoms in total. The molecule has 33 heavy (non-hydrogen) atoms. The average Bonchev–Trinajstić information content (AvgIpc) is 3.58. The number of nitrogens with zero attached hydrogens (tertiary/aromatic N) is 8. The number of aromatic nitrogens is 5. The number of hydrogen-bond acceptors (Lipinski definition) is 6. The van der Waals surface area contributed by atoms with Gasteiger partial charge in [0.15, 0.2) is 5.82 Å². The molecule has 0 aliphatic carbocycles. The molecule has 2 aliphatic heterocycles. The predicted molar refractivity (Wildman–Crippen MR) is 126 cm³/mol. The third-order valence-electron chi connectivity index (χ3n) is 6.79. The molecule has 0 N–H and O–H groups in total. The zero-order chi connectivity index (χ0) is 22.5. The molecule has 6 rings (SSSR count). The Labute approximate surface area is 192 Å². The molecule has 1 fully saturated rings. The first-order valence-electron chi connectivity index (χ1n) is 11.1. The summed E-state index contributed by atoms with van der Waals surface area (Å²) in [6.45, 7) is 2.74. The van der Waals surface area contributed by atoms with Crippen LogP contribution in [0.1, 0.15) is 17.5 Å². The van der Waals surface area contributed by atoms with Gasteiger partial charge in [0.2, 0.25) is 0 Å². The quantitative estimate of drug-likeness (QED) is 0.432. The highest BCUT2D eigenvalue weighted by Crippen LogP contribution is 2.34. The Kier molecular flexibility index (Phi) is 4.52. The van der Waals surface area contributed by atoms with Gasteiger partial charge in [0.25, 0.3) is 0 Å². The van der Waals surface area contributed by atoms with Gasteiger partial charge in [-0.05, 0) is 50.3 Å². The van der Waals surface area contributed by atoms with Crippen molar-refractivity contribution in [3.63, 3.8) is 0 Å². The summed E-state index contributed by atoms with van der Waals surface area (Å²) in [5.41, 5.74) is 6.05. The molecule has 0 amide bonds. The van der Waals surface area contributed by atoms with Crippen LogP contribution in [-0.2, 0) is 6.54 Å². The highest BCUT2D eigenvalue weighted by Gasteiger charge is 2.27. The first-order valence-corrected chi connectivity index (χ1v) is 11.1. The van der Waals surface area contributed by atoms with Crippen molar-refractivity contribution in [2.75, 3.05) is 32.1 Å². The summed E-state index contributed by atoms with van der Waals surface area (Å²) >= 11 is 0. The van der Waals surface area contributed by atoms with Crippen LogP contribution < -0.4 is 4.90 Å². The molecule has 1 saturated heterocycles.